The van der Waals surface area contributed by atoms with E-state index < -0.39 is 0 Å². The predicted octanol–water partition coefficient (Wildman–Crippen LogP) is 5.42. The quantitative estimate of drug-likeness (QED) is 0.355. The third kappa shape index (κ3) is 5.63. The van der Waals surface area contributed by atoms with E-state index in [9.17, 15) is 4.79 Å². The Kier molecular flexibility index (Phi) is 7.33. The predicted molar refractivity (Wildman–Crippen MR) is 129 cm³/mol. The van der Waals surface area contributed by atoms with Gasteiger partial charge in [-0.1, -0.05) is 54.6 Å². The third-order valence-corrected chi connectivity index (χ3v) is 6.53. The number of rotatable bonds is 8. The highest BCUT2D eigenvalue weighted by Gasteiger charge is 2.30. The van der Waals surface area contributed by atoms with Gasteiger partial charge in [-0.3, -0.25) is 14.7 Å². The average molecular weight is 429 g/mol. The summed E-state index contributed by atoms with van der Waals surface area (Å²) >= 11 is 0. The second-order valence-corrected chi connectivity index (χ2v) is 8.83. The first kappa shape index (κ1) is 22.2. The molecule has 3 aromatic rings. The van der Waals surface area contributed by atoms with Gasteiger partial charge in [-0.25, -0.2) is 0 Å². The zero-order valence-corrected chi connectivity index (χ0v) is 18.8. The van der Waals surface area contributed by atoms with Crippen molar-refractivity contribution in [2.45, 2.75) is 38.8 Å². The Morgan fingerprint density at radius 2 is 1.97 bits per heavy atom. The van der Waals surface area contributed by atoms with E-state index in [2.05, 4.69) is 58.9 Å². The fraction of sp³-hybridized carbons (Fsp3) is 0.357. The van der Waals surface area contributed by atoms with Gasteiger partial charge in [-0.2, -0.15) is 0 Å². The van der Waals surface area contributed by atoms with Gasteiger partial charge in [0.15, 0.2) is 0 Å². The maximum atomic E-state index is 11.9. The molecule has 0 amide bonds. The van der Waals surface area contributed by atoms with E-state index in [4.69, 9.17) is 4.74 Å². The molecule has 0 spiro atoms. The second-order valence-electron chi connectivity index (χ2n) is 8.83. The smallest absolute Gasteiger partial charge is 0.302 e. The molecule has 1 saturated heterocycles. The first-order chi connectivity index (χ1) is 15.6. The molecule has 3 atom stereocenters. The van der Waals surface area contributed by atoms with E-state index in [0.717, 1.165) is 43.4 Å². The standard InChI is InChI=1S/C28H32N2O2/c1-3-23-20-30(19-22-9-5-4-6-10-22)16-14-24(23)17-26(32-21(2)31)18-25-13-15-29-28-12-8-7-11-27(25)28/h3-13,15,23-24,26H,1,14,16-20H2,2H3/t23-,24-,26?/m0/s1. The summed E-state index contributed by atoms with van der Waals surface area (Å²) in [6.45, 7) is 8.64. The minimum absolute atomic E-state index is 0.147. The number of carbonyl (C=O) groups is 1. The molecule has 4 nitrogen and oxygen atoms in total. The maximum Gasteiger partial charge on any atom is 0.302 e. The minimum atomic E-state index is -0.218. The minimum Gasteiger partial charge on any atom is -0.462 e. The molecule has 1 aliphatic heterocycles. The number of piperidine rings is 1. The van der Waals surface area contributed by atoms with Crippen molar-refractivity contribution in [1.82, 2.24) is 9.88 Å². The number of likely N-dealkylation sites (tertiary alicyclic amines) is 1. The lowest BCUT2D eigenvalue weighted by atomic mass is 9.80. The molecule has 1 unspecified atom stereocenters. The SMILES string of the molecule is C=C[C@H]1CN(Cc2ccccc2)CC[C@H]1CC(Cc1ccnc2ccccc12)OC(C)=O. The lowest BCUT2D eigenvalue weighted by Crippen LogP contribution is -2.40. The number of aromatic nitrogens is 1. The van der Waals surface area contributed by atoms with Gasteiger partial charge in [0, 0.05) is 38.0 Å². The van der Waals surface area contributed by atoms with Crippen LogP contribution in [0.3, 0.4) is 0 Å². The monoisotopic (exact) mass is 428 g/mol. The van der Waals surface area contributed by atoms with Gasteiger partial charge < -0.3 is 4.74 Å². The normalized spacial score (nSPS) is 20.0. The molecule has 4 heteroatoms. The molecular weight excluding hydrogens is 396 g/mol. The van der Waals surface area contributed by atoms with Crippen LogP contribution in [0.1, 0.15) is 30.9 Å². The van der Waals surface area contributed by atoms with Crippen LogP contribution in [-0.2, 0) is 22.5 Å². The Bertz CT molecular complexity index is 1040. The van der Waals surface area contributed by atoms with Gasteiger partial charge in [0.25, 0.3) is 0 Å². The largest absolute Gasteiger partial charge is 0.462 e. The molecule has 2 heterocycles. The Morgan fingerprint density at radius 3 is 2.75 bits per heavy atom. The van der Waals surface area contributed by atoms with Crippen molar-refractivity contribution in [2.75, 3.05) is 13.1 Å². The van der Waals surface area contributed by atoms with Crippen LogP contribution in [-0.4, -0.2) is 35.0 Å². The van der Waals surface area contributed by atoms with Gasteiger partial charge in [0.05, 0.1) is 5.52 Å². The summed E-state index contributed by atoms with van der Waals surface area (Å²) in [5, 5.41) is 1.13. The van der Waals surface area contributed by atoms with Crippen molar-refractivity contribution in [3.63, 3.8) is 0 Å². The van der Waals surface area contributed by atoms with Gasteiger partial charge in [0.2, 0.25) is 0 Å². The van der Waals surface area contributed by atoms with Gasteiger partial charge >= 0.3 is 5.97 Å². The van der Waals surface area contributed by atoms with Crippen molar-refractivity contribution in [1.29, 1.82) is 0 Å². The molecule has 1 fully saturated rings. The van der Waals surface area contributed by atoms with Gasteiger partial charge in [-0.15, -0.1) is 6.58 Å². The molecule has 1 aromatic heterocycles. The van der Waals surface area contributed by atoms with E-state index in [0.29, 0.717) is 18.3 Å². The summed E-state index contributed by atoms with van der Waals surface area (Å²) in [7, 11) is 0. The van der Waals surface area contributed by atoms with Crippen LogP contribution in [0.4, 0.5) is 0 Å². The molecule has 4 rings (SSSR count). The molecule has 1 aliphatic rings. The Labute approximate surface area is 190 Å². The number of nitrogens with zero attached hydrogens (tertiary/aromatic N) is 2. The zero-order valence-electron chi connectivity index (χ0n) is 18.8. The summed E-state index contributed by atoms with van der Waals surface area (Å²) in [5.74, 6) is 0.627. The highest BCUT2D eigenvalue weighted by Crippen LogP contribution is 2.31. The molecule has 0 saturated carbocycles. The van der Waals surface area contributed by atoms with Crippen LogP contribution < -0.4 is 0 Å². The maximum absolute atomic E-state index is 11.9. The van der Waals surface area contributed by atoms with Crippen LogP contribution in [0.2, 0.25) is 0 Å². The summed E-state index contributed by atoms with van der Waals surface area (Å²) in [5.41, 5.74) is 3.50. The lowest BCUT2D eigenvalue weighted by Gasteiger charge is -2.38. The number of hydrogen-bond acceptors (Lipinski definition) is 4. The molecule has 0 bridgehead atoms. The van der Waals surface area contributed by atoms with Crippen molar-refractivity contribution in [3.05, 3.63) is 90.6 Å². The number of ether oxygens (including phenoxy) is 1. The molecule has 2 aromatic carbocycles. The number of hydrogen-bond donors (Lipinski definition) is 0. The number of pyridine rings is 1. The number of para-hydroxylation sites is 1. The Balaban J connectivity index is 1.45. The Hall–Kier alpha value is -2.98. The summed E-state index contributed by atoms with van der Waals surface area (Å²) < 4.78 is 5.81. The number of carbonyl (C=O) groups excluding carboxylic acids is 1. The van der Waals surface area contributed by atoms with Gasteiger partial charge in [-0.05, 0) is 54.5 Å². The first-order valence-electron chi connectivity index (χ1n) is 11.5. The number of esters is 1. The van der Waals surface area contributed by atoms with Crippen LogP contribution in [0.15, 0.2) is 79.5 Å². The van der Waals surface area contributed by atoms with E-state index in [1.54, 1.807) is 0 Å². The van der Waals surface area contributed by atoms with Crippen molar-refractivity contribution in [2.24, 2.45) is 11.8 Å². The highest BCUT2D eigenvalue weighted by atomic mass is 16.5. The van der Waals surface area contributed by atoms with E-state index >= 15 is 0 Å². The Morgan fingerprint density at radius 1 is 1.19 bits per heavy atom. The van der Waals surface area contributed by atoms with Crippen molar-refractivity contribution in [3.8, 4) is 0 Å². The fourth-order valence-electron chi connectivity index (χ4n) is 4.97. The van der Waals surface area contributed by atoms with E-state index in [-0.39, 0.29) is 12.1 Å². The topological polar surface area (TPSA) is 42.4 Å². The first-order valence-corrected chi connectivity index (χ1v) is 11.5. The highest BCUT2D eigenvalue weighted by molar-refractivity contribution is 5.81. The van der Waals surface area contributed by atoms with Crippen LogP contribution in [0.5, 0.6) is 0 Å². The molecular formula is C28H32N2O2. The van der Waals surface area contributed by atoms with E-state index in [1.807, 2.05) is 30.5 Å². The third-order valence-electron chi connectivity index (χ3n) is 6.53. The van der Waals surface area contributed by atoms with Crippen molar-refractivity contribution >= 4 is 16.9 Å². The van der Waals surface area contributed by atoms with Crippen LogP contribution in [0, 0.1) is 11.8 Å². The number of benzene rings is 2. The van der Waals surface area contributed by atoms with Crippen molar-refractivity contribution < 1.29 is 9.53 Å². The van der Waals surface area contributed by atoms with Crippen LogP contribution >= 0.6 is 0 Å². The molecule has 0 N–H and O–H groups in total. The average Bonchev–Trinajstić information content (AvgIpc) is 2.80. The fourth-order valence-corrected chi connectivity index (χ4v) is 4.97. The summed E-state index contributed by atoms with van der Waals surface area (Å²) in [4.78, 5) is 18.9. The summed E-state index contributed by atoms with van der Waals surface area (Å²) in [6, 6.07) is 20.8. The molecule has 32 heavy (non-hydrogen) atoms. The van der Waals surface area contributed by atoms with Crippen LogP contribution in [0.25, 0.3) is 10.9 Å². The molecule has 0 aliphatic carbocycles. The molecule has 166 valence electrons. The summed E-state index contributed by atoms with van der Waals surface area (Å²) in [6.07, 6.45) is 6.43. The zero-order chi connectivity index (χ0) is 22.3. The number of fused-ring (bicyclic) bond motifs is 1. The van der Waals surface area contributed by atoms with Gasteiger partial charge in [0.1, 0.15) is 6.10 Å². The lowest BCUT2D eigenvalue weighted by molar-refractivity contribution is -0.147. The second kappa shape index (κ2) is 10.6. The molecule has 0 radical (unpaired) electrons. The van der Waals surface area contributed by atoms with E-state index in [1.165, 1.54) is 18.1 Å².